The maximum atomic E-state index is 13.0. The Labute approximate surface area is 221 Å². The number of amides is 1. The van der Waals surface area contributed by atoms with Gasteiger partial charge in [0.25, 0.3) is 5.91 Å². The summed E-state index contributed by atoms with van der Waals surface area (Å²) in [6.07, 6.45) is 7.05. The molecule has 2 aliphatic heterocycles. The highest BCUT2D eigenvalue weighted by atomic mass is 32.2. The third kappa shape index (κ3) is 6.18. The van der Waals surface area contributed by atoms with Crippen LogP contribution in [0.4, 0.5) is 5.82 Å². The van der Waals surface area contributed by atoms with E-state index in [0.717, 1.165) is 49.4 Å². The van der Waals surface area contributed by atoms with Crippen molar-refractivity contribution in [3.05, 3.63) is 41.1 Å². The number of nitrogens with zero attached hydrogens (tertiary/aromatic N) is 4. The molecular weight excluding hydrogens is 488 g/mol. The summed E-state index contributed by atoms with van der Waals surface area (Å²) in [7, 11) is -1.50. The average molecular weight is 531 g/mol. The molecule has 1 amide bonds. The van der Waals surface area contributed by atoms with Gasteiger partial charge in [0.15, 0.2) is 0 Å². The molecule has 9 nitrogen and oxygen atoms in total. The number of hydrogen-bond donors (Lipinski definition) is 2. The number of aryl methyl sites for hydroxylation is 1. The molecule has 37 heavy (non-hydrogen) atoms. The summed E-state index contributed by atoms with van der Waals surface area (Å²) in [5.74, 6) is 0.681. The predicted octanol–water partition coefficient (Wildman–Crippen LogP) is 3.77. The number of carbonyl (C=O) groups is 1. The summed E-state index contributed by atoms with van der Waals surface area (Å²) in [5, 5.41) is 11.3. The Bertz CT molecular complexity index is 1170. The normalized spacial score (nSPS) is 19.8. The second-order valence-corrected chi connectivity index (χ2v) is 12.3. The van der Waals surface area contributed by atoms with E-state index in [1.54, 1.807) is 16.4 Å². The van der Waals surface area contributed by atoms with Gasteiger partial charge in [-0.05, 0) is 44.5 Å². The van der Waals surface area contributed by atoms with Crippen molar-refractivity contribution in [3.8, 4) is 0 Å². The highest BCUT2D eigenvalue weighted by Crippen LogP contribution is 2.31. The van der Waals surface area contributed by atoms with E-state index in [4.69, 9.17) is 5.10 Å². The maximum absolute atomic E-state index is 13.0. The number of hydrogen-bond acceptors (Lipinski definition) is 6. The molecule has 3 heterocycles. The van der Waals surface area contributed by atoms with Gasteiger partial charge in [0.1, 0.15) is 17.5 Å². The fraction of sp³-hybridized carbons (Fsp3) is 0.630. The van der Waals surface area contributed by atoms with Crippen molar-refractivity contribution < 1.29 is 13.2 Å². The molecule has 1 saturated heterocycles. The number of fused-ring (bicyclic) bond motifs is 1. The van der Waals surface area contributed by atoms with Crippen molar-refractivity contribution in [3.63, 3.8) is 0 Å². The van der Waals surface area contributed by atoms with Crippen LogP contribution in [0.5, 0.6) is 0 Å². The number of benzene rings is 1. The van der Waals surface area contributed by atoms with E-state index in [0.29, 0.717) is 30.0 Å². The van der Waals surface area contributed by atoms with Crippen LogP contribution in [-0.4, -0.2) is 72.7 Å². The van der Waals surface area contributed by atoms with E-state index in [1.165, 1.54) is 19.3 Å². The summed E-state index contributed by atoms with van der Waals surface area (Å²) in [5.41, 5.74) is 2.31. The third-order valence-corrected chi connectivity index (χ3v) is 9.51. The van der Waals surface area contributed by atoms with Crippen LogP contribution in [0.2, 0.25) is 0 Å². The molecule has 4 rings (SSSR count). The quantitative estimate of drug-likeness (QED) is 0.429. The van der Waals surface area contributed by atoms with Crippen LogP contribution >= 0.6 is 0 Å². The molecule has 1 fully saturated rings. The summed E-state index contributed by atoms with van der Waals surface area (Å²) >= 11 is 0. The molecule has 2 unspecified atom stereocenters. The van der Waals surface area contributed by atoms with E-state index in [1.807, 2.05) is 30.8 Å². The van der Waals surface area contributed by atoms with Crippen LogP contribution in [0.25, 0.3) is 0 Å². The van der Waals surface area contributed by atoms with Crippen LogP contribution in [0, 0.1) is 6.92 Å². The first-order valence-electron chi connectivity index (χ1n) is 13.7. The topological polar surface area (TPSA) is 99.6 Å². The second-order valence-electron chi connectivity index (χ2n) is 10.4. The van der Waals surface area contributed by atoms with Gasteiger partial charge in [-0.25, -0.2) is 13.1 Å². The largest absolute Gasteiger partial charge is 0.349 e. The van der Waals surface area contributed by atoms with Crippen molar-refractivity contribution in [1.29, 1.82) is 0 Å². The van der Waals surface area contributed by atoms with E-state index >= 15 is 0 Å². The Morgan fingerprint density at radius 1 is 1.03 bits per heavy atom. The number of likely N-dealkylation sites (N-methyl/N-ethyl adjacent to an activating group) is 1. The SMILES string of the molecule is CCCCCCC(CC)n1nc(C)c2c1NC(Cc1ccc(S(=O)(=O)N3CCN(C)CC3)cc1)NC2=O. The van der Waals surface area contributed by atoms with E-state index in [2.05, 4.69) is 29.4 Å². The van der Waals surface area contributed by atoms with Gasteiger partial charge in [-0.2, -0.15) is 9.40 Å². The molecule has 2 aliphatic rings. The standard InChI is InChI=1S/C27H42N6O3S/c1-5-7-8-9-10-22(6-2)33-26-25(20(3)30-33)27(34)29-24(28-26)19-21-11-13-23(14-12-21)37(35,36)32-17-15-31(4)16-18-32/h11-14,22,24,28H,5-10,15-19H2,1-4H3,(H,29,34). The lowest BCUT2D eigenvalue weighted by molar-refractivity contribution is 0.0934. The first-order valence-corrected chi connectivity index (χ1v) is 15.1. The van der Waals surface area contributed by atoms with Crippen molar-refractivity contribution in [2.24, 2.45) is 0 Å². The number of unbranched alkanes of at least 4 members (excludes halogenated alkanes) is 3. The maximum Gasteiger partial charge on any atom is 0.258 e. The lowest BCUT2D eigenvalue weighted by Gasteiger charge is -2.31. The number of sulfonamides is 1. The highest BCUT2D eigenvalue weighted by Gasteiger charge is 2.32. The number of nitrogens with one attached hydrogen (secondary N) is 2. The first kappa shape index (κ1) is 27.6. The van der Waals surface area contributed by atoms with Crippen LogP contribution in [0.15, 0.2) is 29.2 Å². The van der Waals surface area contributed by atoms with E-state index in [-0.39, 0.29) is 18.1 Å². The molecule has 1 aromatic heterocycles. The van der Waals surface area contributed by atoms with Crippen molar-refractivity contribution in [2.75, 3.05) is 38.5 Å². The van der Waals surface area contributed by atoms with Crippen molar-refractivity contribution in [2.45, 2.75) is 82.8 Å². The number of aromatic nitrogens is 2. The van der Waals surface area contributed by atoms with E-state index in [9.17, 15) is 13.2 Å². The summed E-state index contributed by atoms with van der Waals surface area (Å²) < 4.78 is 29.7. The molecule has 204 valence electrons. The third-order valence-electron chi connectivity index (χ3n) is 7.60. The van der Waals surface area contributed by atoms with Gasteiger partial charge in [0.2, 0.25) is 10.0 Å². The zero-order valence-electron chi connectivity index (χ0n) is 22.7. The number of carbonyl (C=O) groups excluding carboxylic acids is 1. The zero-order chi connectivity index (χ0) is 26.6. The number of piperazine rings is 1. The Hall–Kier alpha value is -2.43. The molecular formula is C27H42N6O3S. The molecule has 1 aromatic carbocycles. The van der Waals surface area contributed by atoms with Gasteiger partial charge >= 0.3 is 0 Å². The van der Waals surface area contributed by atoms with Crippen molar-refractivity contribution in [1.82, 2.24) is 24.3 Å². The molecule has 0 saturated carbocycles. The number of anilines is 1. The number of rotatable bonds is 11. The fourth-order valence-electron chi connectivity index (χ4n) is 5.27. The Morgan fingerprint density at radius 2 is 1.73 bits per heavy atom. The van der Waals surface area contributed by atoms with Gasteiger partial charge in [-0.15, -0.1) is 0 Å². The minimum atomic E-state index is -3.50. The Kier molecular flexibility index (Phi) is 8.92. The lowest BCUT2D eigenvalue weighted by atomic mass is 10.0. The van der Waals surface area contributed by atoms with Crippen LogP contribution in [0.1, 0.15) is 80.0 Å². The minimum absolute atomic E-state index is 0.113. The van der Waals surface area contributed by atoms with Gasteiger partial charge in [-0.1, -0.05) is 51.7 Å². The molecule has 2 N–H and O–H groups in total. The molecule has 0 radical (unpaired) electrons. The predicted molar refractivity (Wildman–Crippen MR) is 146 cm³/mol. The smallest absolute Gasteiger partial charge is 0.258 e. The lowest BCUT2D eigenvalue weighted by Crippen LogP contribution is -2.47. The molecule has 0 spiro atoms. The van der Waals surface area contributed by atoms with Gasteiger partial charge in [-0.3, -0.25) is 4.79 Å². The minimum Gasteiger partial charge on any atom is -0.349 e. The monoisotopic (exact) mass is 530 g/mol. The summed E-state index contributed by atoms with van der Waals surface area (Å²) in [4.78, 5) is 15.5. The van der Waals surface area contributed by atoms with Gasteiger partial charge in [0.05, 0.1) is 16.6 Å². The molecule has 0 aliphatic carbocycles. The second kappa shape index (κ2) is 12.0. The Balaban J connectivity index is 1.45. The average Bonchev–Trinajstić information content (AvgIpc) is 3.21. The molecule has 10 heteroatoms. The Morgan fingerprint density at radius 3 is 2.38 bits per heavy atom. The van der Waals surface area contributed by atoms with Crippen LogP contribution in [0.3, 0.4) is 0 Å². The zero-order valence-corrected chi connectivity index (χ0v) is 23.5. The van der Waals surface area contributed by atoms with E-state index < -0.39 is 10.0 Å². The molecule has 0 bridgehead atoms. The fourth-order valence-corrected chi connectivity index (χ4v) is 6.69. The first-order chi connectivity index (χ1) is 17.7. The molecule has 2 aromatic rings. The van der Waals surface area contributed by atoms with Crippen LogP contribution in [-0.2, 0) is 16.4 Å². The highest BCUT2D eigenvalue weighted by molar-refractivity contribution is 7.89. The summed E-state index contributed by atoms with van der Waals surface area (Å²) in [6.45, 7) is 8.76. The van der Waals surface area contributed by atoms with Gasteiger partial charge in [0, 0.05) is 32.6 Å². The van der Waals surface area contributed by atoms with Crippen LogP contribution < -0.4 is 10.6 Å². The van der Waals surface area contributed by atoms with Gasteiger partial charge < -0.3 is 15.5 Å². The van der Waals surface area contributed by atoms with Crippen molar-refractivity contribution >= 4 is 21.7 Å². The molecule has 2 atom stereocenters. The summed E-state index contributed by atoms with van der Waals surface area (Å²) in [6, 6.07) is 7.29.